The molecule has 0 bridgehead atoms. The number of hydrogen-bond acceptors (Lipinski definition) is 7. The third kappa shape index (κ3) is 4.22. The molecule has 0 aliphatic carbocycles. The van der Waals surface area contributed by atoms with Gasteiger partial charge >= 0.3 is 0 Å². The zero-order chi connectivity index (χ0) is 22.8. The van der Waals surface area contributed by atoms with Gasteiger partial charge in [0.25, 0.3) is 0 Å². The molecule has 9 nitrogen and oxygen atoms in total. The van der Waals surface area contributed by atoms with E-state index in [4.69, 9.17) is 20.9 Å². The van der Waals surface area contributed by atoms with Crippen LogP contribution in [0, 0.1) is 5.82 Å². The minimum absolute atomic E-state index is 0.239. The van der Waals surface area contributed by atoms with Crippen molar-refractivity contribution in [2.75, 3.05) is 13.2 Å². The lowest BCUT2D eigenvalue weighted by Gasteiger charge is -2.40. The number of morpholine rings is 1. The first-order chi connectivity index (χ1) is 16.1. The van der Waals surface area contributed by atoms with E-state index in [0.29, 0.717) is 27.7 Å². The Morgan fingerprint density at radius 3 is 2.76 bits per heavy atom. The monoisotopic (exact) mass is 468 g/mol. The number of benzene rings is 2. The zero-order valence-corrected chi connectivity index (χ0v) is 18.0. The number of ether oxygens (including phenoxy) is 1. The van der Waals surface area contributed by atoms with E-state index in [2.05, 4.69) is 20.3 Å². The number of nitrogens with zero attached hydrogens (tertiary/aromatic N) is 6. The van der Waals surface area contributed by atoms with Crippen LogP contribution in [0.3, 0.4) is 0 Å². The summed E-state index contributed by atoms with van der Waals surface area (Å²) in [6, 6.07) is 9.02. The predicted octanol–water partition coefficient (Wildman–Crippen LogP) is 3.25. The van der Waals surface area contributed by atoms with E-state index < -0.39 is 12.1 Å². The van der Waals surface area contributed by atoms with Gasteiger partial charge in [-0.15, -0.1) is 0 Å². The molecule has 168 valence electrons. The van der Waals surface area contributed by atoms with Crippen LogP contribution >= 0.6 is 11.6 Å². The topological polar surface area (TPSA) is 99.2 Å². The fourth-order valence-electron chi connectivity index (χ4n) is 4.05. The summed E-state index contributed by atoms with van der Waals surface area (Å²) in [6.45, 7) is 0.520. The summed E-state index contributed by atoms with van der Waals surface area (Å²) in [5, 5.41) is 12.7. The van der Waals surface area contributed by atoms with Crippen molar-refractivity contribution in [1.29, 1.82) is 0 Å². The number of rotatable bonds is 6. The van der Waals surface area contributed by atoms with Crippen molar-refractivity contribution in [3.63, 3.8) is 0 Å². The Kier molecular flexibility index (Phi) is 5.84. The first-order valence-electron chi connectivity index (χ1n) is 10.2. The molecule has 11 heteroatoms. The Morgan fingerprint density at radius 1 is 1.15 bits per heavy atom. The predicted molar refractivity (Wildman–Crippen MR) is 115 cm³/mol. The molecular formula is C22H18ClFN6O3. The molecular weight excluding hydrogens is 451 g/mol. The normalized spacial score (nSPS) is 18.4. The number of amides is 1. The van der Waals surface area contributed by atoms with Gasteiger partial charge in [0, 0.05) is 16.1 Å². The lowest BCUT2D eigenvalue weighted by molar-refractivity contribution is -0.132. The summed E-state index contributed by atoms with van der Waals surface area (Å²) >= 11 is 6.27. The lowest BCUT2D eigenvalue weighted by Crippen LogP contribution is -2.48. The maximum atomic E-state index is 14.7. The van der Waals surface area contributed by atoms with Gasteiger partial charge in [-0.3, -0.25) is 4.79 Å². The molecule has 33 heavy (non-hydrogen) atoms. The Balaban J connectivity index is 1.47. The van der Waals surface area contributed by atoms with Gasteiger partial charge in [-0.2, -0.15) is 20.0 Å². The molecule has 1 fully saturated rings. The first-order valence-corrected chi connectivity index (χ1v) is 10.5. The molecule has 0 N–H and O–H groups in total. The highest BCUT2D eigenvalue weighted by Crippen LogP contribution is 2.33. The summed E-state index contributed by atoms with van der Waals surface area (Å²) < 4.78 is 25.3. The van der Waals surface area contributed by atoms with E-state index in [0.717, 1.165) is 12.0 Å². The van der Waals surface area contributed by atoms with Crippen LogP contribution in [-0.4, -0.2) is 55.7 Å². The van der Waals surface area contributed by atoms with Gasteiger partial charge in [-0.05, 0) is 48.4 Å². The summed E-state index contributed by atoms with van der Waals surface area (Å²) in [6.07, 6.45) is 5.34. The molecule has 2 atom stereocenters. The average molecular weight is 469 g/mol. The van der Waals surface area contributed by atoms with Crippen LogP contribution < -0.4 is 0 Å². The van der Waals surface area contributed by atoms with Crippen LogP contribution in [0.25, 0.3) is 17.1 Å². The van der Waals surface area contributed by atoms with Crippen molar-refractivity contribution in [2.45, 2.75) is 18.5 Å². The van der Waals surface area contributed by atoms with E-state index in [9.17, 15) is 9.18 Å². The van der Waals surface area contributed by atoms with Crippen LogP contribution in [0.15, 0.2) is 59.7 Å². The van der Waals surface area contributed by atoms with Crippen molar-refractivity contribution in [1.82, 2.24) is 30.0 Å². The highest BCUT2D eigenvalue weighted by Gasteiger charge is 2.34. The molecule has 1 saturated heterocycles. The minimum Gasteiger partial charge on any atom is -0.377 e. The smallest absolute Gasteiger partial charge is 0.214 e. The molecule has 0 spiro atoms. The summed E-state index contributed by atoms with van der Waals surface area (Å²) in [5.41, 5.74) is 2.44. The highest BCUT2D eigenvalue weighted by molar-refractivity contribution is 6.30. The zero-order valence-electron chi connectivity index (χ0n) is 17.2. The standard InChI is InChI=1S/C22H18ClFN6O3/c23-16-2-4-20(30-26-5-6-27-30)18(9-16)21-11-32-10-17(29(21)13-31)8-15-7-14(1-3-19(15)24)22-25-12-33-28-22/h1-7,9,12-13,17,21H,8,10-11H2/t17-,21?/m1/s1. The molecule has 0 saturated carbocycles. The van der Waals surface area contributed by atoms with Crippen molar-refractivity contribution in [3.05, 3.63) is 77.2 Å². The maximum absolute atomic E-state index is 14.7. The first kappa shape index (κ1) is 21.2. The highest BCUT2D eigenvalue weighted by atomic mass is 35.5. The summed E-state index contributed by atoms with van der Waals surface area (Å²) in [7, 11) is 0. The molecule has 0 radical (unpaired) electrons. The molecule has 1 aliphatic rings. The molecule has 1 unspecified atom stereocenters. The van der Waals surface area contributed by atoms with Gasteiger partial charge in [-0.1, -0.05) is 16.8 Å². The van der Waals surface area contributed by atoms with Gasteiger partial charge < -0.3 is 14.2 Å². The fourth-order valence-corrected chi connectivity index (χ4v) is 4.23. The SMILES string of the molecule is O=CN1C(c2cc(Cl)ccc2-n2nccn2)COC[C@H]1Cc1cc(-c2ncon2)ccc1F. The Morgan fingerprint density at radius 2 is 2.00 bits per heavy atom. The lowest BCUT2D eigenvalue weighted by atomic mass is 9.96. The van der Waals surface area contributed by atoms with Crippen LogP contribution in [0.4, 0.5) is 4.39 Å². The summed E-state index contributed by atoms with van der Waals surface area (Å²) in [5.74, 6) is -0.0315. The van der Waals surface area contributed by atoms with Crippen molar-refractivity contribution >= 4 is 18.0 Å². The van der Waals surface area contributed by atoms with Crippen molar-refractivity contribution in [3.8, 4) is 17.1 Å². The van der Waals surface area contributed by atoms with E-state index in [1.807, 2.05) is 0 Å². The molecule has 4 aromatic rings. The number of hydrogen-bond donors (Lipinski definition) is 0. The third-order valence-electron chi connectivity index (χ3n) is 5.59. The van der Waals surface area contributed by atoms with Crippen molar-refractivity contribution < 1.29 is 18.4 Å². The second-order valence-corrected chi connectivity index (χ2v) is 7.98. The van der Waals surface area contributed by atoms with Gasteiger partial charge in [0.1, 0.15) is 5.82 Å². The quantitative estimate of drug-likeness (QED) is 0.400. The maximum Gasteiger partial charge on any atom is 0.214 e. The number of carbonyl (C=O) groups is 1. The van der Waals surface area contributed by atoms with Gasteiger partial charge in [0.05, 0.1) is 43.4 Å². The second-order valence-electron chi connectivity index (χ2n) is 7.55. The largest absolute Gasteiger partial charge is 0.377 e. The van der Waals surface area contributed by atoms with Gasteiger partial charge in [-0.25, -0.2) is 4.39 Å². The molecule has 2 aromatic carbocycles. The van der Waals surface area contributed by atoms with Crippen LogP contribution in [0.2, 0.25) is 5.02 Å². The number of aromatic nitrogens is 5. The fraction of sp³-hybridized carbons (Fsp3) is 0.227. The molecule has 2 aromatic heterocycles. The molecule has 3 heterocycles. The van der Waals surface area contributed by atoms with Gasteiger partial charge in [0.15, 0.2) is 0 Å². The number of halogens is 2. The van der Waals surface area contributed by atoms with E-state index in [1.165, 1.54) is 17.3 Å². The Hall–Kier alpha value is -3.63. The molecule has 5 rings (SSSR count). The minimum atomic E-state index is -0.454. The van der Waals surface area contributed by atoms with E-state index in [1.54, 1.807) is 47.6 Å². The summed E-state index contributed by atoms with van der Waals surface area (Å²) in [4.78, 5) is 19.4. The van der Waals surface area contributed by atoms with Crippen molar-refractivity contribution in [2.24, 2.45) is 0 Å². The third-order valence-corrected chi connectivity index (χ3v) is 5.83. The molecule has 1 aliphatic heterocycles. The van der Waals surface area contributed by atoms with E-state index >= 15 is 0 Å². The van der Waals surface area contributed by atoms with Crippen LogP contribution in [-0.2, 0) is 16.0 Å². The average Bonchev–Trinajstić information content (AvgIpc) is 3.55. The van der Waals surface area contributed by atoms with Crippen LogP contribution in [0.1, 0.15) is 17.2 Å². The number of carbonyl (C=O) groups excluding carboxylic acids is 1. The van der Waals surface area contributed by atoms with Gasteiger partial charge in [0.2, 0.25) is 18.6 Å². The van der Waals surface area contributed by atoms with E-state index in [-0.39, 0.29) is 25.5 Å². The molecule has 1 amide bonds. The van der Waals surface area contributed by atoms with Crippen LogP contribution in [0.5, 0.6) is 0 Å². The Labute approximate surface area is 192 Å². The Bertz CT molecular complexity index is 1250. The second kappa shape index (κ2) is 9.08.